The van der Waals surface area contributed by atoms with Gasteiger partial charge in [-0.1, -0.05) is 40.2 Å². The van der Waals surface area contributed by atoms with Gasteiger partial charge < -0.3 is 10.6 Å². The van der Waals surface area contributed by atoms with E-state index in [-0.39, 0.29) is 16.6 Å². The number of anilines is 1. The van der Waals surface area contributed by atoms with Gasteiger partial charge in [0.1, 0.15) is 4.90 Å². The molecule has 0 saturated carbocycles. The van der Waals surface area contributed by atoms with Crippen molar-refractivity contribution >= 4 is 43.4 Å². The fourth-order valence-electron chi connectivity index (χ4n) is 2.97. The van der Waals surface area contributed by atoms with Crippen molar-refractivity contribution in [3.05, 3.63) is 94.0 Å². The summed E-state index contributed by atoms with van der Waals surface area (Å²) in [6.45, 7) is 0.420. The van der Waals surface area contributed by atoms with Gasteiger partial charge in [-0.15, -0.1) is 4.40 Å². The van der Waals surface area contributed by atoms with Gasteiger partial charge >= 0.3 is 0 Å². The molecule has 0 saturated heterocycles. The highest BCUT2D eigenvalue weighted by molar-refractivity contribution is 9.10. The van der Waals surface area contributed by atoms with Gasteiger partial charge in [-0.2, -0.15) is 8.42 Å². The molecule has 1 aliphatic rings. The highest BCUT2D eigenvalue weighted by Crippen LogP contribution is 2.26. The molecule has 2 N–H and O–H groups in total. The first-order valence-electron chi connectivity index (χ1n) is 8.76. The van der Waals surface area contributed by atoms with Crippen LogP contribution in [0.15, 0.2) is 86.6 Å². The van der Waals surface area contributed by atoms with Gasteiger partial charge in [-0.05, 0) is 54.1 Å². The summed E-state index contributed by atoms with van der Waals surface area (Å²) in [5.74, 6) is 0.0788. The Morgan fingerprint density at radius 2 is 1.72 bits per heavy atom. The number of carbonyl (C=O) groups is 1. The van der Waals surface area contributed by atoms with Gasteiger partial charge in [0.25, 0.3) is 15.9 Å². The summed E-state index contributed by atoms with van der Waals surface area (Å²) >= 11 is 3.41. The number of carbonyl (C=O) groups excluding carboxylic acids is 1. The molecule has 0 bridgehead atoms. The van der Waals surface area contributed by atoms with E-state index in [2.05, 4.69) is 31.0 Å². The van der Waals surface area contributed by atoms with Crippen LogP contribution < -0.4 is 10.6 Å². The normalized spacial score (nSPS) is 14.0. The molecular weight excluding hydrogens is 454 g/mol. The van der Waals surface area contributed by atoms with E-state index in [4.69, 9.17) is 0 Å². The average molecular weight is 470 g/mol. The first-order valence-corrected chi connectivity index (χ1v) is 11.0. The second kappa shape index (κ2) is 7.81. The van der Waals surface area contributed by atoms with E-state index in [1.807, 2.05) is 24.3 Å². The number of rotatable bonds is 4. The van der Waals surface area contributed by atoms with Crippen LogP contribution in [0.4, 0.5) is 5.69 Å². The molecule has 0 unspecified atom stereocenters. The summed E-state index contributed by atoms with van der Waals surface area (Å²) in [5, 5.41) is 5.89. The zero-order valence-electron chi connectivity index (χ0n) is 15.1. The van der Waals surface area contributed by atoms with Crippen molar-refractivity contribution in [1.29, 1.82) is 0 Å². The van der Waals surface area contributed by atoms with Crippen molar-refractivity contribution in [2.45, 2.75) is 11.4 Å². The first-order chi connectivity index (χ1) is 13.9. The molecular formula is C21H16BrN3O3S. The summed E-state index contributed by atoms with van der Waals surface area (Å²) in [6.07, 6.45) is 0. The summed E-state index contributed by atoms with van der Waals surface area (Å²) in [5.41, 5.74) is 2.67. The van der Waals surface area contributed by atoms with Gasteiger partial charge in [0.2, 0.25) is 0 Å². The zero-order valence-corrected chi connectivity index (χ0v) is 17.5. The minimum absolute atomic E-state index is 0.186. The Balaban J connectivity index is 1.44. The van der Waals surface area contributed by atoms with Gasteiger partial charge in [0.05, 0.1) is 0 Å². The van der Waals surface area contributed by atoms with Gasteiger partial charge in [0, 0.05) is 27.8 Å². The molecule has 1 aliphatic heterocycles. The quantitative estimate of drug-likeness (QED) is 0.605. The molecule has 3 aromatic rings. The van der Waals surface area contributed by atoms with E-state index in [1.165, 1.54) is 6.07 Å². The lowest BCUT2D eigenvalue weighted by atomic mass is 10.1. The molecule has 8 heteroatoms. The third-order valence-corrected chi connectivity index (χ3v) is 6.21. The largest absolute Gasteiger partial charge is 0.348 e. The Morgan fingerprint density at radius 3 is 2.48 bits per heavy atom. The summed E-state index contributed by atoms with van der Waals surface area (Å²) in [7, 11) is -3.68. The minimum Gasteiger partial charge on any atom is -0.348 e. The third kappa shape index (κ3) is 4.23. The Bertz CT molecular complexity index is 1220. The van der Waals surface area contributed by atoms with Crippen LogP contribution in [0.1, 0.15) is 21.5 Å². The lowest BCUT2D eigenvalue weighted by Gasteiger charge is -2.09. The number of sulfonamides is 1. The van der Waals surface area contributed by atoms with Crippen molar-refractivity contribution in [1.82, 2.24) is 5.32 Å². The Labute approximate surface area is 176 Å². The number of amides is 1. The van der Waals surface area contributed by atoms with Crippen LogP contribution in [0.3, 0.4) is 0 Å². The number of halogens is 1. The summed E-state index contributed by atoms with van der Waals surface area (Å²) < 4.78 is 29.0. The topological polar surface area (TPSA) is 87.6 Å². The number of amidine groups is 1. The number of nitrogens with one attached hydrogen (secondary N) is 2. The van der Waals surface area contributed by atoms with E-state index in [1.54, 1.807) is 42.5 Å². The predicted octanol–water partition coefficient (Wildman–Crippen LogP) is 3.94. The molecule has 0 spiro atoms. The fourth-order valence-corrected chi connectivity index (χ4v) is 4.59. The summed E-state index contributed by atoms with van der Waals surface area (Å²) in [6, 6.07) is 21.2. The van der Waals surface area contributed by atoms with E-state index in [0.29, 0.717) is 23.4 Å². The molecule has 29 heavy (non-hydrogen) atoms. The van der Waals surface area contributed by atoms with Crippen LogP contribution in [0, 0.1) is 0 Å². The molecule has 4 rings (SSSR count). The Hall–Kier alpha value is -2.97. The van der Waals surface area contributed by atoms with Crippen molar-refractivity contribution in [2.24, 2.45) is 4.40 Å². The fraction of sp³-hybridized carbons (Fsp3) is 0.0476. The maximum Gasteiger partial charge on any atom is 0.285 e. The molecule has 146 valence electrons. The number of hydrogen-bond donors (Lipinski definition) is 2. The van der Waals surface area contributed by atoms with Crippen LogP contribution >= 0.6 is 15.9 Å². The molecule has 0 aliphatic carbocycles. The second-order valence-corrected chi connectivity index (χ2v) is 8.91. The van der Waals surface area contributed by atoms with Crippen LogP contribution in [-0.2, 0) is 16.6 Å². The molecule has 0 radical (unpaired) electrons. The lowest BCUT2D eigenvalue weighted by molar-refractivity contribution is 0.0951. The van der Waals surface area contributed by atoms with E-state index in [0.717, 1.165) is 10.0 Å². The SMILES string of the molecule is O=C(NCc1cccc(Br)c1)c1ccc(NC2=NS(=O)(=O)c3ccccc32)cc1. The number of hydrogen-bond acceptors (Lipinski definition) is 4. The van der Waals surface area contributed by atoms with Crippen LogP contribution in [-0.4, -0.2) is 20.2 Å². The predicted molar refractivity (Wildman–Crippen MR) is 116 cm³/mol. The average Bonchev–Trinajstić information content (AvgIpc) is 2.97. The standard InChI is InChI=1S/C21H16BrN3O3S/c22-16-5-3-4-14(12-16)13-23-21(26)15-8-10-17(11-9-15)24-20-18-6-1-2-7-19(18)29(27,28)25-20/h1-12H,13H2,(H,23,26)(H,24,25). The zero-order chi connectivity index (χ0) is 20.4. The minimum atomic E-state index is -3.68. The van der Waals surface area contributed by atoms with Crippen LogP contribution in [0.5, 0.6) is 0 Å². The molecule has 6 nitrogen and oxygen atoms in total. The van der Waals surface area contributed by atoms with Crippen molar-refractivity contribution in [3.63, 3.8) is 0 Å². The Morgan fingerprint density at radius 1 is 0.966 bits per heavy atom. The molecule has 0 fully saturated rings. The van der Waals surface area contributed by atoms with Crippen molar-refractivity contribution in [2.75, 3.05) is 5.32 Å². The van der Waals surface area contributed by atoms with Crippen molar-refractivity contribution in [3.8, 4) is 0 Å². The van der Waals surface area contributed by atoms with E-state index in [9.17, 15) is 13.2 Å². The number of fused-ring (bicyclic) bond motifs is 1. The van der Waals surface area contributed by atoms with Gasteiger partial charge in [-0.25, -0.2) is 0 Å². The highest BCUT2D eigenvalue weighted by atomic mass is 79.9. The van der Waals surface area contributed by atoms with Crippen molar-refractivity contribution < 1.29 is 13.2 Å². The maximum atomic E-state index is 12.4. The molecule has 3 aromatic carbocycles. The smallest absolute Gasteiger partial charge is 0.285 e. The number of benzene rings is 3. The van der Waals surface area contributed by atoms with Crippen LogP contribution in [0.2, 0.25) is 0 Å². The maximum absolute atomic E-state index is 12.4. The van der Waals surface area contributed by atoms with Gasteiger partial charge in [0.15, 0.2) is 5.84 Å². The third-order valence-electron chi connectivity index (χ3n) is 4.38. The molecule has 0 aromatic heterocycles. The Kier molecular flexibility index (Phi) is 5.21. The van der Waals surface area contributed by atoms with Gasteiger partial charge in [-0.3, -0.25) is 4.79 Å². The van der Waals surface area contributed by atoms with Crippen LogP contribution in [0.25, 0.3) is 0 Å². The molecule has 0 atom stereocenters. The van der Waals surface area contributed by atoms with E-state index < -0.39 is 10.0 Å². The lowest BCUT2D eigenvalue weighted by Crippen LogP contribution is -2.22. The molecule has 1 heterocycles. The second-order valence-electron chi connectivity index (χ2n) is 6.43. The molecule has 1 amide bonds. The van der Waals surface area contributed by atoms with E-state index >= 15 is 0 Å². The first kappa shape index (κ1) is 19.4. The highest BCUT2D eigenvalue weighted by Gasteiger charge is 2.28. The monoisotopic (exact) mass is 469 g/mol. The summed E-state index contributed by atoms with van der Waals surface area (Å²) in [4.78, 5) is 12.5. The number of nitrogens with zero attached hydrogens (tertiary/aromatic N) is 1.